The van der Waals surface area contributed by atoms with Crippen molar-refractivity contribution < 1.29 is 4.79 Å². The number of nitrogens with one attached hydrogen (secondary N) is 2. The number of nitrogens with zero attached hydrogens (tertiary/aromatic N) is 4. The number of hydrogen-bond donors (Lipinski definition) is 2. The predicted octanol–water partition coefficient (Wildman–Crippen LogP) is 3.09. The Morgan fingerprint density at radius 1 is 1.19 bits per heavy atom. The molecule has 1 unspecified atom stereocenters. The van der Waals surface area contributed by atoms with Crippen molar-refractivity contribution in [3.05, 3.63) is 53.6 Å². The second-order valence-electron chi connectivity index (χ2n) is 9.10. The number of benzene rings is 1. The fourth-order valence-corrected chi connectivity index (χ4v) is 4.87. The molecule has 32 heavy (non-hydrogen) atoms. The van der Waals surface area contributed by atoms with Crippen LogP contribution >= 0.6 is 0 Å². The largest absolute Gasteiger partial charge is 0.352 e. The van der Waals surface area contributed by atoms with Gasteiger partial charge in [0, 0.05) is 57.6 Å². The van der Waals surface area contributed by atoms with E-state index in [2.05, 4.69) is 54.3 Å². The topological polar surface area (TPSA) is 74.6 Å². The summed E-state index contributed by atoms with van der Waals surface area (Å²) < 4.78 is 2.15. The zero-order chi connectivity index (χ0) is 22.3. The number of aliphatic imine (C=N–C) groups is 1. The van der Waals surface area contributed by atoms with Crippen LogP contribution in [0.3, 0.4) is 0 Å². The van der Waals surface area contributed by atoms with Crippen molar-refractivity contribution in [1.82, 2.24) is 25.1 Å². The van der Waals surface area contributed by atoms with Crippen LogP contribution in [-0.4, -0.2) is 52.5 Å². The van der Waals surface area contributed by atoms with Crippen LogP contribution in [0.5, 0.6) is 0 Å². The molecule has 1 amide bonds. The molecular weight excluding hydrogens is 400 g/mol. The molecule has 2 aliphatic rings. The Balaban J connectivity index is 1.26. The Bertz CT molecular complexity index is 930. The molecule has 2 fully saturated rings. The summed E-state index contributed by atoms with van der Waals surface area (Å²) in [5.41, 5.74) is 2.46. The molecular formula is C25H36N6O. The van der Waals surface area contributed by atoms with Crippen LogP contribution in [0, 0.1) is 12.8 Å². The van der Waals surface area contributed by atoms with Crippen molar-refractivity contribution in [1.29, 1.82) is 0 Å². The van der Waals surface area contributed by atoms with E-state index in [4.69, 9.17) is 0 Å². The molecule has 2 aromatic rings. The summed E-state index contributed by atoms with van der Waals surface area (Å²) in [6.07, 6.45) is 10.6. The van der Waals surface area contributed by atoms with Crippen molar-refractivity contribution in [2.75, 3.05) is 20.1 Å². The maximum absolute atomic E-state index is 12.8. The van der Waals surface area contributed by atoms with Gasteiger partial charge in [0.05, 0.1) is 0 Å². The van der Waals surface area contributed by atoms with Crippen LogP contribution in [0.25, 0.3) is 0 Å². The van der Waals surface area contributed by atoms with E-state index >= 15 is 0 Å². The smallest absolute Gasteiger partial charge is 0.225 e. The highest BCUT2D eigenvalue weighted by Gasteiger charge is 2.31. The molecule has 1 aromatic heterocycles. The third kappa shape index (κ3) is 5.69. The minimum absolute atomic E-state index is 0.248. The van der Waals surface area contributed by atoms with Crippen LogP contribution in [-0.2, 0) is 17.9 Å². The van der Waals surface area contributed by atoms with Gasteiger partial charge in [0.25, 0.3) is 0 Å². The van der Waals surface area contributed by atoms with Crippen molar-refractivity contribution in [3.63, 3.8) is 0 Å². The van der Waals surface area contributed by atoms with E-state index in [0.717, 1.165) is 50.7 Å². The highest BCUT2D eigenvalue weighted by atomic mass is 16.2. The minimum atomic E-state index is 0.248. The third-order valence-electron chi connectivity index (χ3n) is 6.75. The zero-order valence-electron chi connectivity index (χ0n) is 19.4. The Morgan fingerprint density at radius 3 is 2.75 bits per heavy atom. The highest BCUT2D eigenvalue weighted by Crippen LogP contribution is 2.26. The summed E-state index contributed by atoms with van der Waals surface area (Å²) in [5.74, 6) is 2.42. The molecule has 1 saturated heterocycles. The number of aromatic nitrogens is 2. The second kappa shape index (κ2) is 10.7. The van der Waals surface area contributed by atoms with Crippen LogP contribution in [0.2, 0.25) is 0 Å². The van der Waals surface area contributed by atoms with Gasteiger partial charge in [-0.2, -0.15) is 0 Å². The maximum atomic E-state index is 12.8. The first-order valence-electron chi connectivity index (χ1n) is 11.9. The molecule has 1 aliphatic carbocycles. The highest BCUT2D eigenvalue weighted by molar-refractivity contribution is 5.81. The van der Waals surface area contributed by atoms with Gasteiger partial charge in [0.15, 0.2) is 5.96 Å². The summed E-state index contributed by atoms with van der Waals surface area (Å²) >= 11 is 0. The fourth-order valence-electron chi connectivity index (χ4n) is 4.87. The first kappa shape index (κ1) is 22.4. The zero-order valence-corrected chi connectivity index (χ0v) is 19.4. The molecule has 4 rings (SSSR count). The van der Waals surface area contributed by atoms with Crippen LogP contribution < -0.4 is 10.6 Å². The van der Waals surface area contributed by atoms with Gasteiger partial charge in [-0.15, -0.1) is 0 Å². The van der Waals surface area contributed by atoms with Crippen molar-refractivity contribution in [3.8, 4) is 0 Å². The van der Waals surface area contributed by atoms with Crippen LogP contribution in [0.15, 0.2) is 41.7 Å². The first-order valence-corrected chi connectivity index (χ1v) is 11.9. The number of amides is 1. The summed E-state index contributed by atoms with van der Waals surface area (Å²) in [6.45, 7) is 5.16. The van der Waals surface area contributed by atoms with E-state index in [9.17, 15) is 4.79 Å². The molecule has 2 heterocycles. The molecule has 1 saturated carbocycles. The quantitative estimate of drug-likeness (QED) is 0.539. The number of likely N-dealkylation sites (tertiary alicyclic amines) is 1. The van der Waals surface area contributed by atoms with Crippen LogP contribution in [0.1, 0.15) is 55.5 Å². The molecule has 1 atom stereocenters. The normalized spacial score (nSPS) is 19.9. The molecule has 1 aliphatic heterocycles. The van der Waals surface area contributed by atoms with E-state index < -0.39 is 0 Å². The number of carbonyl (C=O) groups is 1. The lowest BCUT2D eigenvalue weighted by atomic mass is 9.88. The monoisotopic (exact) mass is 436 g/mol. The van der Waals surface area contributed by atoms with Crippen molar-refractivity contribution >= 4 is 11.9 Å². The van der Waals surface area contributed by atoms with E-state index in [1.165, 1.54) is 30.4 Å². The minimum Gasteiger partial charge on any atom is -0.352 e. The lowest BCUT2D eigenvalue weighted by Gasteiger charge is -2.26. The van der Waals surface area contributed by atoms with Gasteiger partial charge in [-0.3, -0.25) is 9.79 Å². The number of aryl methyl sites for hydroxylation is 1. The first-order chi connectivity index (χ1) is 15.6. The molecule has 1 aromatic carbocycles. The fraction of sp³-hybridized carbons (Fsp3) is 0.560. The molecule has 2 N–H and O–H groups in total. The van der Waals surface area contributed by atoms with Gasteiger partial charge in [0.1, 0.15) is 5.82 Å². The Labute approximate surface area is 191 Å². The van der Waals surface area contributed by atoms with Crippen molar-refractivity contribution in [2.45, 2.75) is 64.6 Å². The Morgan fingerprint density at radius 2 is 2.00 bits per heavy atom. The average Bonchev–Trinajstić information content (AvgIpc) is 3.46. The molecule has 0 spiro atoms. The third-order valence-corrected chi connectivity index (χ3v) is 6.75. The summed E-state index contributed by atoms with van der Waals surface area (Å²) in [4.78, 5) is 23.6. The van der Waals surface area contributed by atoms with Gasteiger partial charge >= 0.3 is 0 Å². The summed E-state index contributed by atoms with van der Waals surface area (Å²) in [5, 5.41) is 6.95. The van der Waals surface area contributed by atoms with Gasteiger partial charge in [-0.25, -0.2) is 4.98 Å². The SMILES string of the molecule is CN=C(NCc1cccc(Cn2ccnc2C)c1)NC1CCN(C(=O)C2CCCCC2)C1. The van der Waals surface area contributed by atoms with Gasteiger partial charge in [0.2, 0.25) is 5.91 Å². The number of rotatable bonds is 6. The molecule has 0 bridgehead atoms. The van der Waals surface area contributed by atoms with Crippen LogP contribution in [0.4, 0.5) is 0 Å². The number of guanidine groups is 1. The Hall–Kier alpha value is -2.83. The van der Waals surface area contributed by atoms with E-state index in [-0.39, 0.29) is 12.0 Å². The van der Waals surface area contributed by atoms with Gasteiger partial charge < -0.3 is 20.1 Å². The lowest BCUT2D eigenvalue weighted by molar-refractivity contribution is -0.135. The molecule has 7 nitrogen and oxygen atoms in total. The predicted molar refractivity (Wildman–Crippen MR) is 127 cm³/mol. The molecule has 172 valence electrons. The lowest BCUT2D eigenvalue weighted by Crippen LogP contribution is -2.45. The molecule has 7 heteroatoms. The number of imidazole rings is 1. The van der Waals surface area contributed by atoms with Crippen molar-refractivity contribution in [2.24, 2.45) is 10.9 Å². The number of hydrogen-bond acceptors (Lipinski definition) is 3. The summed E-state index contributed by atoms with van der Waals surface area (Å²) in [6, 6.07) is 8.85. The number of carbonyl (C=O) groups excluding carboxylic acids is 1. The van der Waals surface area contributed by atoms with E-state index in [1.54, 1.807) is 7.05 Å². The van der Waals surface area contributed by atoms with Gasteiger partial charge in [-0.05, 0) is 37.3 Å². The standard InChI is InChI=1S/C25H36N6O/c1-19-27-12-14-30(19)17-21-8-6-7-20(15-21)16-28-25(26-2)29-23-11-13-31(18-23)24(32)22-9-4-3-5-10-22/h6-8,12,14-15,22-23H,3-5,9-11,13,16-18H2,1-2H3,(H2,26,28,29). The average molecular weight is 437 g/mol. The molecule has 0 radical (unpaired) electrons. The second-order valence-corrected chi connectivity index (χ2v) is 9.10. The van der Waals surface area contributed by atoms with Gasteiger partial charge in [-0.1, -0.05) is 43.5 Å². The van der Waals surface area contributed by atoms with E-state index in [0.29, 0.717) is 12.5 Å². The summed E-state index contributed by atoms with van der Waals surface area (Å²) in [7, 11) is 1.80. The maximum Gasteiger partial charge on any atom is 0.225 e. The Kier molecular flexibility index (Phi) is 7.45. The van der Waals surface area contributed by atoms with E-state index in [1.807, 2.05) is 19.3 Å².